The standard InChI is InChI=1S/C22H29NO5S2/c1-18(2)29(25,26)16-8-4-5-9-21(24)17-19-12-14-20(15-13-19)23-30(27,28)22-10-6-3-7-11-22/h3,6-7,10-15,18,23H,4-5,8-9,16-17H2,1-2H3. The molecule has 0 atom stereocenters. The van der Waals surface area contributed by atoms with Crippen molar-refractivity contribution in [3.05, 3.63) is 60.2 Å². The Morgan fingerprint density at radius 3 is 2.10 bits per heavy atom. The Hall–Kier alpha value is -2.19. The van der Waals surface area contributed by atoms with Gasteiger partial charge in [-0.2, -0.15) is 0 Å². The molecular formula is C22H29NO5S2. The smallest absolute Gasteiger partial charge is 0.261 e. The minimum Gasteiger partial charge on any atom is -0.299 e. The fraction of sp³-hybridized carbons (Fsp3) is 0.409. The Kier molecular flexibility index (Phi) is 8.61. The number of sulfone groups is 1. The summed E-state index contributed by atoms with van der Waals surface area (Å²) in [6.45, 7) is 3.35. The highest BCUT2D eigenvalue weighted by molar-refractivity contribution is 7.92. The second kappa shape index (κ2) is 10.7. The number of anilines is 1. The number of carbonyl (C=O) groups is 1. The van der Waals surface area contributed by atoms with Crippen molar-refractivity contribution in [2.75, 3.05) is 10.5 Å². The number of rotatable bonds is 12. The van der Waals surface area contributed by atoms with Gasteiger partial charge in [0.05, 0.1) is 15.9 Å². The summed E-state index contributed by atoms with van der Waals surface area (Å²) < 4.78 is 50.7. The van der Waals surface area contributed by atoms with E-state index in [1.165, 1.54) is 12.1 Å². The summed E-state index contributed by atoms with van der Waals surface area (Å²) in [4.78, 5) is 12.3. The molecule has 0 saturated heterocycles. The van der Waals surface area contributed by atoms with Crippen LogP contribution in [0.5, 0.6) is 0 Å². The summed E-state index contributed by atoms with van der Waals surface area (Å²) in [6.07, 6.45) is 2.63. The molecule has 1 N–H and O–H groups in total. The van der Waals surface area contributed by atoms with Crippen LogP contribution in [-0.4, -0.2) is 33.6 Å². The van der Waals surface area contributed by atoms with Crippen LogP contribution in [0.4, 0.5) is 5.69 Å². The van der Waals surface area contributed by atoms with Crippen molar-refractivity contribution >= 4 is 31.3 Å². The molecule has 0 aliphatic carbocycles. The molecule has 0 aliphatic rings. The molecule has 0 radical (unpaired) electrons. The Morgan fingerprint density at radius 1 is 0.867 bits per heavy atom. The average molecular weight is 452 g/mol. The molecule has 0 aliphatic heterocycles. The molecule has 30 heavy (non-hydrogen) atoms. The molecule has 164 valence electrons. The number of hydrogen-bond donors (Lipinski definition) is 1. The van der Waals surface area contributed by atoms with Crippen LogP contribution in [0, 0.1) is 0 Å². The summed E-state index contributed by atoms with van der Waals surface area (Å²) in [6, 6.07) is 14.9. The molecule has 0 heterocycles. The fourth-order valence-electron chi connectivity index (χ4n) is 2.86. The van der Waals surface area contributed by atoms with Gasteiger partial charge in [0.15, 0.2) is 9.84 Å². The van der Waals surface area contributed by atoms with Crippen LogP contribution in [-0.2, 0) is 31.1 Å². The second-order valence-corrected chi connectivity index (χ2v) is 11.9. The van der Waals surface area contributed by atoms with E-state index in [1.807, 2.05) is 0 Å². The van der Waals surface area contributed by atoms with Gasteiger partial charge in [-0.25, -0.2) is 16.8 Å². The number of hydrogen-bond acceptors (Lipinski definition) is 5. The lowest BCUT2D eigenvalue weighted by atomic mass is 10.0. The third-order valence-corrected chi connectivity index (χ3v) is 8.46. The van der Waals surface area contributed by atoms with Crippen molar-refractivity contribution in [2.45, 2.75) is 56.1 Å². The van der Waals surface area contributed by atoms with Crippen molar-refractivity contribution in [3.8, 4) is 0 Å². The van der Waals surface area contributed by atoms with Gasteiger partial charge in [-0.1, -0.05) is 36.8 Å². The third kappa shape index (κ3) is 7.57. The molecular weight excluding hydrogens is 422 g/mol. The molecule has 0 bridgehead atoms. The maximum atomic E-state index is 12.3. The lowest BCUT2D eigenvalue weighted by Crippen LogP contribution is -2.17. The third-order valence-electron chi connectivity index (χ3n) is 4.76. The Labute approximate surface area is 179 Å². The van der Waals surface area contributed by atoms with Gasteiger partial charge in [-0.15, -0.1) is 0 Å². The van der Waals surface area contributed by atoms with E-state index < -0.39 is 19.9 Å². The number of unbranched alkanes of at least 4 members (excludes halogenated alkanes) is 2. The molecule has 0 unspecified atom stereocenters. The van der Waals surface area contributed by atoms with E-state index in [4.69, 9.17) is 0 Å². The highest BCUT2D eigenvalue weighted by Gasteiger charge is 2.15. The van der Waals surface area contributed by atoms with E-state index in [0.717, 1.165) is 5.56 Å². The Balaban J connectivity index is 1.78. The number of benzene rings is 2. The monoisotopic (exact) mass is 451 g/mol. The zero-order valence-electron chi connectivity index (χ0n) is 17.4. The topological polar surface area (TPSA) is 97.4 Å². The lowest BCUT2D eigenvalue weighted by Gasteiger charge is -2.09. The van der Waals surface area contributed by atoms with Crippen LogP contribution in [0.15, 0.2) is 59.5 Å². The molecule has 2 aromatic carbocycles. The summed E-state index contributed by atoms with van der Waals surface area (Å²) in [5, 5.41) is -0.362. The van der Waals surface area contributed by atoms with Crippen molar-refractivity contribution in [3.63, 3.8) is 0 Å². The van der Waals surface area contributed by atoms with Gasteiger partial charge in [0, 0.05) is 18.5 Å². The van der Waals surface area contributed by atoms with Crippen molar-refractivity contribution in [1.29, 1.82) is 0 Å². The summed E-state index contributed by atoms with van der Waals surface area (Å²) in [5.41, 5.74) is 1.24. The minimum absolute atomic E-state index is 0.0827. The predicted octanol–water partition coefficient (Wildman–Crippen LogP) is 3.98. The first-order chi connectivity index (χ1) is 14.1. The van der Waals surface area contributed by atoms with Gasteiger partial charge in [0.1, 0.15) is 5.78 Å². The number of nitrogens with one attached hydrogen (secondary N) is 1. The normalized spacial score (nSPS) is 12.1. The first-order valence-corrected chi connectivity index (χ1v) is 13.2. The maximum absolute atomic E-state index is 12.3. The highest BCUT2D eigenvalue weighted by Crippen LogP contribution is 2.17. The van der Waals surface area contributed by atoms with Gasteiger partial charge in [-0.05, 0) is 56.5 Å². The van der Waals surface area contributed by atoms with E-state index in [9.17, 15) is 21.6 Å². The molecule has 0 amide bonds. The zero-order chi connectivity index (χ0) is 22.2. The van der Waals surface area contributed by atoms with Crippen molar-refractivity contribution in [2.24, 2.45) is 0 Å². The minimum atomic E-state index is -3.64. The Bertz CT molecular complexity index is 1030. The maximum Gasteiger partial charge on any atom is 0.261 e. The summed E-state index contributed by atoms with van der Waals surface area (Å²) in [7, 11) is -6.66. The molecule has 6 nitrogen and oxygen atoms in total. The molecule has 0 aromatic heterocycles. The number of carbonyl (C=O) groups excluding carboxylic acids is 1. The molecule has 2 rings (SSSR count). The number of sulfonamides is 1. The predicted molar refractivity (Wildman–Crippen MR) is 120 cm³/mol. The van der Waals surface area contributed by atoms with Gasteiger partial charge in [0.2, 0.25) is 0 Å². The number of Topliss-reactive ketones (excluding diaryl/α,β-unsaturated/α-hetero) is 1. The van der Waals surface area contributed by atoms with Crippen molar-refractivity contribution < 1.29 is 21.6 Å². The molecule has 0 fully saturated rings. The van der Waals surface area contributed by atoms with E-state index in [-0.39, 0.29) is 28.1 Å². The van der Waals surface area contributed by atoms with Crippen LogP contribution in [0.2, 0.25) is 0 Å². The highest BCUT2D eigenvalue weighted by atomic mass is 32.2. The van der Waals surface area contributed by atoms with Gasteiger partial charge < -0.3 is 0 Å². The quantitative estimate of drug-likeness (QED) is 0.492. The zero-order valence-corrected chi connectivity index (χ0v) is 19.0. The molecule has 2 aromatic rings. The second-order valence-electron chi connectivity index (χ2n) is 7.56. The van der Waals surface area contributed by atoms with Gasteiger partial charge in [0.25, 0.3) is 10.0 Å². The Morgan fingerprint density at radius 2 is 1.50 bits per heavy atom. The van der Waals surface area contributed by atoms with E-state index in [2.05, 4.69) is 4.72 Å². The molecule has 0 saturated carbocycles. The average Bonchev–Trinajstić information content (AvgIpc) is 2.69. The van der Waals surface area contributed by atoms with E-state index >= 15 is 0 Å². The van der Waals surface area contributed by atoms with Crippen LogP contribution < -0.4 is 4.72 Å². The van der Waals surface area contributed by atoms with Crippen LogP contribution in [0.25, 0.3) is 0 Å². The van der Waals surface area contributed by atoms with Crippen LogP contribution >= 0.6 is 0 Å². The first kappa shape index (κ1) is 24.1. The van der Waals surface area contributed by atoms with Crippen LogP contribution in [0.3, 0.4) is 0 Å². The first-order valence-electron chi connectivity index (χ1n) is 10.0. The van der Waals surface area contributed by atoms with Gasteiger partial charge in [-0.3, -0.25) is 9.52 Å². The summed E-state index contributed by atoms with van der Waals surface area (Å²) >= 11 is 0. The fourth-order valence-corrected chi connectivity index (χ4v) is 5.02. The molecule has 0 spiro atoms. The largest absolute Gasteiger partial charge is 0.299 e. The van der Waals surface area contributed by atoms with Crippen molar-refractivity contribution in [1.82, 2.24) is 0 Å². The van der Waals surface area contributed by atoms with E-state index in [0.29, 0.717) is 31.4 Å². The SMILES string of the molecule is CC(C)S(=O)(=O)CCCCCC(=O)Cc1ccc(NS(=O)(=O)c2ccccc2)cc1. The summed E-state index contributed by atoms with van der Waals surface area (Å²) in [5.74, 6) is 0.249. The van der Waals surface area contributed by atoms with E-state index in [1.54, 1.807) is 56.3 Å². The number of ketones is 1. The van der Waals surface area contributed by atoms with Crippen LogP contribution in [0.1, 0.15) is 45.1 Å². The lowest BCUT2D eigenvalue weighted by molar-refractivity contribution is -0.118. The van der Waals surface area contributed by atoms with Gasteiger partial charge >= 0.3 is 0 Å². The molecule has 8 heteroatoms.